The van der Waals surface area contributed by atoms with Crippen LogP contribution < -0.4 is 0 Å². The van der Waals surface area contributed by atoms with Crippen molar-refractivity contribution in [2.75, 3.05) is 0 Å². The second-order valence-electron chi connectivity index (χ2n) is 4.52. The van der Waals surface area contributed by atoms with Crippen LogP contribution in [-0.2, 0) is 13.0 Å². The zero-order valence-electron chi connectivity index (χ0n) is 9.67. The zero-order chi connectivity index (χ0) is 12.7. The first-order chi connectivity index (χ1) is 8.65. The van der Waals surface area contributed by atoms with Crippen molar-refractivity contribution in [2.24, 2.45) is 0 Å². The Morgan fingerprint density at radius 1 is 1.39 bits per heavy atom. The number of halogens is 1. The molecular formula is C13H13ClN2O2. The predicted octanol–water partition coefficient (Wildman–Crippen LogP) is 2.22. The molecule has 4 nitrogen and oxygen atoms in total. The Bertz CT molecular complexity index is 595. The van der Waals surface area contributed by atoms with E-state index in [-0.39, 0.29) is 11.9 Å². The van der Waals surface area contributed by atoms with Crippen LogP contribution in [0.15, 0.2) is 24.3 Å². The lowest BCUT2D eigenvalue weighted by Crippen LogP contribution is -2.23. The average Bonchev–Trinajstić information content (AvgIpc) is 2.67. The summed E-state index contributed by atoms with van der Waals surface area (Å²) in [4.78, 5) is 4.34. The molecule has 1 aromatic heterocycles. The molecule has 3 rings (SSSR count). The van der Waals surface area contributed by atoms with E-state index in [1.165, 1.54) is 0 Å². The van der Waals surface area contributed by atoms with Crippen molar-refractivity contribution in [3.05, 3.63) is 35.1 Å². The van der Waals surface area contributed by atoms with Crippen LogP contribution in [0, 0.1) is 0 Å². The predicted molar refractivity (Wildman–Crippen MR) is 68.7 cm³/mol. The third kappa shape index (κ3) is 1.87. The van der Waals surface area contributed by atoms with Crippen molar-refractivity contribution in [3.63, 3.8) is 0 Å². The van der Waals surface area contributed by atoms with E-state index in [2.05, 4.69) is 4.98 Å². The van der Waals surface area contributed by atoms with E-state index in [9.17, 15) is 10.2 Å². The highest BCUT2D eigenvalue weighted by Gasteiger charge is 2.24. The van der Waals surface area contributed by atoms with Gasteiger partial charge in [-0.1, -0.05) is 23.7 Å². The summed E-state index contributed by atoms with van der Waals surface area (Å²) in [6.07, 6.45) is 0.889. The quantitative estimate of drug-likeness (QED) is 0.830. The topological polar surface area (TPSA) is 58.3 Å². The molecule has 0 saturated carbocycles. The molecule has 0 saturated heterocycles. The van der Waals surface area contributed by atoms with Crippen molar-refractivity contribution in [2.45, 2.75) is 25.5 Å². The molecule has 0 bridgehead atoms. The standard InChI is InChI=1S/C13H13ClN2O2/c14-12-11-7-10(18)4-5-16(11)13(15-12)8-2-1-3-9(17)6-8/h1-3,6,10,17-18H,4-5,7H2. The molecule has 5 heteroatoms. The van der Waals surface area contributed by atoms with E-state index in [1.54, 1.807) is 18.2 Å². The molecule has 2 N–H and O–H groups in total. The fourth-order valence-electron chi connectivity index (χ4n) is 2.36. The van der Waals surface area contributed by atoms with E-state index < -0.39 is 0 Å². The van der Waals surface area contributed by atoms with Gasteiger partial charge in [0.25, 0.3) is 0 Å². The molecule has 1 aliphatic rings. The number of fused-ring (bicyclic) bond motifs is 1. The number of phenolic OH excluding ortho intramolecular Hbond substituents is 1. The van der Waals surface area contributed by atoms with Crippen molar-refractivity contribution >= 4 is 11.6 Å². The summed E-state index contributed by atoms with van der Waals surface area (Å²) in [6.45, 7) is 0.696. The van der Waals surface area contributed by atoms with Gasteiger partial charge in [-0.25, -0.2) is 4.98 Å². The summed E-state index contributed by atoms with van der Waals surface area (Å²) in [6, 6.07) is 6.94. The molecule has 2 heterocycles. The van der Waals surface area contributed by atoms with Crippen molar-refractivity contribution in [1.29, 1.82) is 0 Å². The van der Waals surface area contributed by atoms with Crippen LogP contribution in [0.2, 0.25) is 5.15 Å². The maximum atomic E-state index is 9.66. The summed E-state index contributed by atoms with van der Waals surface area (Å²) < 4.78 is 2.02. The van der Waals surface area contributed by atoms with E-state index in [4.69, 9.17) is 11.6 Å². The van der Waals surface area contributed by atoms with Crippen LogP contribution in [0.5, 0.6) is 5.75 Å². The minimum Gasteiger partial charge on any atom is -0.508 e. The highest BCUT2D eigenvalue weighted by molar-refractivity contribution is 6.30. The molecule has 1 unspecified atom stereocenters. The van der Waals surface area contributed by atoms with Gasteiger partial charge in [-0.05, 0) is 18.6 Å². The second-order valence-corrected chi connectivity index (χ2v) is 4.88. The van der Waals surface area contributed by atoms with E-state index >= 15 is 0 Å². The fourth-order valence-corrected chi connectivity index (χ4v) is 2.62. The summed E-state index contributed by atoms with van der Waals surface area (Å²) in [5.74, 6) is 0.953. The van der Waals surface area contributed by atoms with E-state index in [1.807, 2.05) is 10.6 Å². The molecule has 18 heavy (non-hydrogen) atoms. The molecule has 1 aromatic carbocycles. The molecular weight excluding hydrogens is 252 g/mol. The van der Waals surface area contributed by atoms with Crippen LogP contribution in [0.3, 0.4) is 0 Å². The normalized spacial score (nSPS) is 18.7. The number of aromatic nitrogens is 2. The Kier molecular flexibility index (Phi) is 2.76. The average molecular weight is 265 g/mol. The third-order valence-electron chi connectivity index (χ3n) is 3.24. The SMILES string of the molecule is Oc1cccc(-c2nc(Cl)c3n2CCC(O)C3)c1. The van der Waals surface area contributed by atoms with E-state index in [0.717, 1.165) is 17.1 Å². The Hall–Kier alpha value is -1.52. The number of aliphatic hydroxyl groups is 1. The van der Waals surface area contributed by atoms with Crippen molar-refractivity contribution < 1.29 is 10.2 Å². The Morgan fingerprint density at radius 2 is 2.22 bits per heavy atom. The fraction of sp³-hybridized carbons (Fsp3) is 0.308. The zero-order valence-corrected chi connectivity index (χ0v) is 10.4. The van der Waals surface area contributed by atoms with Crippen molar-refractivity contribution in [3.8, 4) is 17.1 Å². The molecule has 0 amide bonds. The van der Waals surface area contributed by atoms with Gasteiger partial charge < -0.3 is 14.8 Å². The number of nitrogens with zero attached hydrogens (tertiary/aromatic N) is 2. The second kappa shape index (κ2) is 4.30. The molecule has 0 spiro atoms. The maximum absolute atomic E-state index is 9.66. The summed E-state index contributed by atoms with van der Waals surface area (Å²) >= 11 is 6.11. The van der Waals surface area contributed by atoms with E-state index in [0.29, 0.717) is 24.5 Å². The molecule has 94 valence electrons. The lowest BCUT2D eigenvalue weighted by atomic mass is 10.1. The van der Waals surface area contributed by atoms with Gasteiger partial charge >= 0.3 is 0 Å². The summed E-state index contributed by atoms with van der Waals surface area (Å²) in [7, 11) is 0. The van der Waals surface area contributed by atoms with Gasteiger partial charge in [0.2, 0.25) is 0 Å². The Balaban J connectivity index is 2.11. The summed E-state index contributed by atoms with van der Waals surface area (Å²) in [5, 5.41) is 19.6. The third-order valence-corrected chi connectivity index (χ3v) is 3.55. The number of phenols is 1. The molecule has 1 atom stereocenters. The van der Waals surface area contributed by atoms with Gasteiger partial charge in [0.05, 0.1) is 11.8 Å². The number of hydrogen-bond donors (Lipinski definition) is 2. The minimum absolute atomic E-state index is 0.205. The van der Waals surface area contributed by atoms with Crippen LogP contribution in [0.25, 0.3) is 11.4 Å². The number of rotatable bonds is 1. The van der Waals surface area contributed by atoms with Crippen LogP contribution in [0.4, 0.5) is 0 Å². The van der Waals surface area contributed by atoms with Crippen LogP contribution in [-0.4, -0.2) is 25.9 Å². The lowest BCUT2D eigenvalue weighted by molar-refractivity contribution is 0.144. The lowest BCUT2D eigenvalue weighted by Gasteiger charge is -2.21. The molecule has 2 aromatic rings. The number of aliphatic hydroxyl groups excluding tert-OH is 1. The first kappa shape index (κ1) is 11.6. The number of imidazole rings is 1. The summed E-state index contributed by atoms with van der Waals surface area (Å²) in [5.41, 5.74) is 1.70. The van der Waals surface area contributed by atoms with Gasteiger partial charge in [-0.3, -0.25) is 0 Å². The number of hydrogen-bond acceptors (Lipinski definition) is 3. The van der Waals surface area contributed by atoms with Gasteiger partial charge in [0, 0.05) is 18.5 Å². The van der Waals surface area contributed by atoms with Crippen molar-refractivity contribution in [1.82, 2.24) is 9.55 Å². The van der Waals surface area contributed by atoms with Crippen LogP contribution >= 0.6 is 11.6 Å². The Morgan fingerprint density at radius 3 is 3.00 bits per heavy atom. The minimum atomic E-state index is -0.344. The monoisotopic (exact) mass is 264 g/mol. The smallest absolute Gasteiger partial charge is 0.151 e. The first-order valence-corrected chi connectivity index (χ1v) is 6.25. The largest absolute Gasteiger partial charge is 0.508 e. The first-order valence-electron chi connectivity index (χ1n) is 5.87. The van der Waals surface area contributed by atoms with Gasteiger partial charge in [0.1, 0.15) is 11.6 Å². The molecule has 1 aliphatic heterocycles. The highest BCUT2D eigenvalue weighted by atomic mass is 35.5. The van der Waals surface area contributed by atoms with Gasteiger partial charge in [-0.2, -0.15) is 0 Å². The molecule has 0 aliphatic carbocycles. The number of benzene rings is 1. The van der Waals surface area contributed by atoms with Gasteiger partial charge in [-0.15, -0.1) is 0 Å². The number of aromatic hydroxyl groups is 1. The Labute approximate surface area is 109 Å². The highest BCUT2D eigenvalue weighted by Crippen LogP contribution is 2.31. The molecule has 0 radical (unpaired) electrons. The maximum Gasteiger partial charge on any atom is 0.151 e. The van der Waals surface area contributed by atoms with Crippen LogP contribution in [0.1, 0.15) is 12.1 Å². The van der Waals surface area contributed by atoms with Gasteiger partial charge in [0.15, 0.2) is 5.15 Å². The molecule has 0 fully saturated rings.